The summed E-state index contributed by atoms with van der Waals surface area (Å²) in [6.45, 7) is 6.85. The van der Waals surface area contributed by atoms with Gasteiger partial charge in [0.1, 0.15) is 34.3 Å². The summed E-state index contributed by atoms with van der Waals surface area (Å²) in [5.74, 6) is -0.242. The molecule has 2 aromatic carbocycles. The highest BCUT2D eigenvalue weighted by Crippen LogP contribution is 2.45. The van der Waals surface area contributed by atoms with Crippen LogP contribution in [0.1, 0.15) is 80.5 Å². The number of nitrogens with zero attached hydrogens (tertiary/aromatic N) is 5. The average molecular weight is 789 g/mol. The van der Waals surface area contributed by atoms with E-state index in [0.29, 0.717) is 17.1 Å². The van der Waals surface area contributed by atoms with Crippen LogP contribution in [-0.4, -0.2) is 47.3 Å². The lowest BCUT2D eigenvalue weighted by Gasteiger charge is -2.23. The van der Waals surface area contributed by atoms with Gasteiger partial charge in [0.05, 0.1) is 27.7 Å². The number of benzene rings is 2. The van der Waals surface area contributed by atoms with Crippen LogP contribution in [0.25, 0.3) is 22.0 Å². The quantitative estimate of drug-likeness (QED) is 0.0972. The van der Waals surface area contributed by atoms with Crippen molar-refractivity contribution in [2.45, 2.75) is 70.9 Å². The third-order valence-electron chi connectivity index (χ3n) is 8.33. The van der Waals surface area contributed by atoms with E-state index in [4.69, 9.17) is 17.3 Å². The molecule has 1 aliphatic rings. The van der Waals surface area contributed by atoms with Gasteiger partial charge >= 0.3 is 12.1 Å². The standard InChI is InChI=1S/C35H29ClF6N8O3.C2H6/c1-34(2,53)10-8-19-4-5-20(21-6-7-23(36)25-28(21)49(3)48-31(25)46-32(43)51)26(44-19)24(14-16-12-17(37)15-18(38)13-16)45-33(52)50-29-22(9-11-35(29,41)42)27(47-50)30(39)40;1-2/h4-7,12-13,15,24,30,53H,9,11,14H2,1-3H3,(H,45,52)(H3,43,46,48,51);1-2H3. The van der Waals surface area contributed by atoms with Gasteiger partial charge in [0.25, 0.3) is 12.3 Å². The van der Waals surface area contributed by atoms with E-state index in [2.05, 4.69) is 37.7 Å². The first kappa shape index (κ1) is 40.6. The Morgan fingerprint density at radius 1 is 1.05 bits per heavy atom. The predicted octanol–water partition coefficient (Wildman–Crippen LogP) is 7.92. The van der Waals surface area contributed by atoms with Gasteiger partial charge in [-0.25, -0.2) is 32.1 Å². The number of nitrogens with two attached hydrogens (primary N) is 1. The Morgan fingerprint density at radius 3 is 2.33 bits per heavy atom. The van der Waals surface area contributed by atoms with E-state index >= 15 is 8.78 Å². The minimum atomic E-state index is -3.67. The first-order valence-electron chi connectivity index (χ1n) is 16.9. The number of aromatic nitrogens is 5. The number of aliphatic hydroxyl groups is 1. The van der Waals surface area contributed by atoms with Crippen molar-refractivity contribution in [1.82, 2.24) is 29.9 Å². The van der Waals surface area contributed by atoms with Gasteiger partial charge in [0.2, 0.25) is 0 Å². The van der Waals surface area contributed by atoms with Crippen LogP contribution in [0.2, 0.25) is 5.02 Å². The minimum absolute atomic E-state index is 0.00686. The van der Waals surface area contributed by atoms with Crippen LogP contribution in [0.15, 0.2) is 42.5 Å². The van der Waals surface area contributed by atoms with Crippen molar-refractivity contribution in [3.8, 4) is 23.0 Å². The van der Waals surface area contributed by atoms with Crippen LogP contribution in [0.3, 0.4) is 0 Å². The van der Waals surface area contributed by atoms with E-state index in [1.165, 1.54) is 36.7 Å². The molecule has 3 heterocycles. The number of alkyl halides is 4. The molecule has 1 aliphatic carbocycles. The van der Waals surface area contributed by atoms with Gasteiger partial charge in [-0.2, -0.15) is 23.7 Å². The summed E-state index contributed by atoms with van der Waals surface area (Å²) in [7, 11) is 1.54. The number of fused-ring (bicyclic) bond motifs is 2. The predicted molar refractivity (Wildman–Crippen MR) is 193 cm³/mol. The molecule has 18 heteroatoms. The van der Waals surface area contributed by atoms with Crippen molar-refractivity contribution < 1.29 is 41.0 Å². The van der Waals surface area contributed by atoms with Gasteiger partial charge in [0, 0.05) is 36.2 Å². The molecule has 0 radical (unpaired) electrons. The number of amides is 3. The Kier molecular flexibility index (Phi) is 11.5. The number of aryl methyl sites for hydroxylation is 1. The van der Waals surface area contributed by atoms with E-state index in [9.17, 15) is 32.3 Å². The number of hydrogen-bond donors (Lipinski definition) is 4. The molecule has 5 N–H and O–H groups in total. The van der Waals surface area contributed by atoms with Crippen molar-refractivity contribution in [2.24, 2.45) is 12.8 Å². The lowest BCUT2D eigenvalue weighted by atomic mass is 9.93. The molecule has 0 fully saturated rings. The minimum Gasteiger partial charge on any atom is -0.378 e. The lowest BCUT2D eigenvalue weighted by Crippen LogP contribution is -2.37. The van der Waals surface area contributed by atoms with Crippen LogP contribution < -0.4 is 16.4 Å². The maximum Gasteiger partial charge on any atom is 0.343 e. The van der Waals surface area contributed by atoms with E-state index in [1.54, 1.807) is 13.1 Å². The second kappa shape index (κ2) is 15.6. The molecule has 0 bridgehead atoms. The molecule has 6 rings (SSSR count). The summed E-state index contributed by atoms with van der Waals surface area (Å²) < 4.78 is 88.5. The Bertz CT molecular complexity index is 2340. The highest BCUT2D eigenvalue weighted by Gasteiger charge is 2.47. The zero-order valence-corrected chi connectivity index (χ0v) is 30.8. The molecule has 0 saturated heterocycles. The fourth-order valence-electron chi connectivity index (χ4n) is 6.26. The smallest absolute Gasteiger partial charge is 0.343 e. The average Bonchev–Trinajstić information content (AvgIpc) is 3.75. The number of nitrogens with one attached hydrogen (secondary N) is 2. The first-order chi connectivity index (χ1) is 25.8. The van der Waals surface area contributed by atoms with Crippen LogP contribution in [0.4, 0.5) is 41.7 Å². The maximum absolute atomic E-state index is 15.1. The normalized spacial score (nSPS) is 13.8. The van der Waals surface area contributed by atoms with Crippen molar-refractivity contribution in [3.63, 3.8) is 0 Å². The third-order valence-corrected chi connectivity index (χ3v) is 8.64. The Labute approximate surface area is 315 Å². The zero-order chi connectivity index (χ0) is 40.6. The van der Waals surface area contributed by atoms with Crippen LogP contribution in [0.5, 0.6) is 0 Å². The van der Waals surface area contributed by atoms with Crippen molar-refractivity contribution in [2.75, 3.05) is 5.32 Å². The Hall–Kier alpha value is -5.60. The van der Waals surface area contributed by atoms with Crippen molar-refractivity contribution in [1.29, 1.82) is 0 Å². The lowest BCUT2D eigenvalue weighted by molar-refractivity contribution is -0.00912. The van der Waals surface area contributed by atoms with E-state index < -0.39 is 83.9 Å². The molecular weight excluding hydrogens is 754 g/mol. The van der Waals surface area contributed by atoms with Crippen LogP contribution in [-0.2, 0) is 25.8 Å². The van der Waals surface area contributed by atoms with Gasteiger partial charge < -0.3 is 16.2 Å². The van der Waals surface area contributed by atoms with Crippen molar-refractivity contribution >= 4 is 40.4 Å². The van der Waals surface area contributed by atoms with Gasteiger partial charge in [-0.05, 0) is 68.5 Å². The number of rotatable bonds is 7. The molecular formula is C37H35ClF6N8O3. The molecule has 290 valence electrons. The maximum atomic E-state index is 15.1. The van der Waals surface area contributed by atoms with Crippen molar-refractivity contribution in [3.05, 3.63) is 93.0 Å². The molecule has 1 unspecified atom stereocenters. The topological polar surface area (TPSA) is 153 Å². The second-order valence-electron chi connectivity index (χ2n) is 12.8. The Morgan fingerprint density at radius 2 is 1.71 bits per heavy atom. The molecule has 0 spiro atoms. The van der Waals surface area contributed by atoms with E-state index in [-0.39, 0.29) is 43.4 Å². The monoisotopic (exact) mass is 788 g/mol. The highest BCUT2D eigenvalue weighted by atomic mass is 35.5. The van der Waals surface area contributed by atoms with E-state index in [0.717, 1.165) is 12.1 Å². The number of carbonyl (C=O) groups excluding carboxylic acids is 2. The van der Waals surface area contributed by atoms with E-state index in [1.807, 2.05) is 13.8 Å². The molecule has 3 amide bonds. The summed E-state index contributed by atoms with van der Waals surface area (Å²) in [4.78, 5) is 30.4. The summed E-state index contributed by atoms with van der Waals surface area (Å²) in [5.41, 5.74) is 2.37. The van der Waals surface area contributed by atoms with Gasteiger partial charge in [-0.3, -0.25) is 10.00 Å². The number of halogens is 7. The van der Waals surface area contributed by atoms with Gasteiger partial charge in [-0.1, -0.05) is 37.4 Å². The molecule has 0 aliphatic heterocycles. The number of carbonyl (C=O) groups is 2. The Balaban J connectivity index is 0.00000285. The fourth-order valence-corrected chi connectivity index (χ4v) is 6.50. The SMILES string of the molecule is CC.Cn1nc(NC(N)=O)c2c(Cl)ccc(-c3ccc(C#CC(C)(C)O)nc3C(Cc3cc(F)cc(F)c3)NC(=O)n3nc(C(F)F)c4c3C(F)(F)CC4)c21. The molecule has 0 saturated carbocycles. The van der Waals surface area contributed by atoms with Gasteiger partial charge in [-0.15, -0.1) is 0 Å². The molecule has 3 aromatic heterocycles. The summed E-state index contributed by atoms with van der Waals surface area (Å²) >= 11 is 6.54. The summed E-state index contributed by atoms with van der Waals surface area (Å²) in [6.07, 6.45) is -4.95. The second-order valence-corrected chi connectivity index (χ2v) is 13.2. The first-order valence-corrected chi connectivity index (χ1v) is 17.2. The van der Waals surface area contributed by atoms with Gasteiger partial charge in [0.15, 0.2) is 5.82 Å². The number of urea groups is 1. The van der Waals surface area contributed by atoms with Crippen LogP contribution >= 0.6 is 11.6 Å². The molecule has 1 atom stereocenters. The molecule has 5 aromatic rings. The fraction of sp³-hybridized carbons (Fsp3) is 0.324. The molecule has 11 nitrogen and oxygen atoms in total. The largest absolute Gasteiger partial charge is 0.378 e. The van der Waals surface area contributed by atoms with Crippen LogP contribution in [0, 0.1) is 23.5 Å². The number of hydrogen-bond acceptors (Lipinski definition) is 6. The highest BCUT2D eigenvalue weighted by molar-refractivity contribution is 6.37. The summed E-state index contributed by atoms with van der Waals surface area (Å²) in [6, 6.07) is 4.94. The molecule has 55 heavy (non-hydrogen) atoms. The third kappa shape index (κ3) is 8.55. The number of primary amides is 1. The summed E-state index contributed by atoms with van der Waals surface area (Å²) in [5, 5.41) is 23.5. The number of pyridine rings is 1. The number of anilines is 1. The zero-order valence-electron chi connectivity index (χ0n) is 30.0.